The van der Waals surface area contributed by atoms with Crippen molar-refractivity contribution in [1.82, 2.24) is 10.6 Å². The van der Waals surface area contributed by atoms with Gasteiger partial charge in [-0.25, -0.2) is 0 Å². The Morgan fingerprint density at radius 1 is 1.22 bits per heavy atom. The SMILES string of the molecule is CN=C(NCc1ccc(C)cc1)NC1CC=CC1. The molecule has 1 aliphatic rings. The maximum atomic E-state index is 4.25. The quantitative estimate of drug-likeness (QED) is 0.486. The maximum absolute atomic E-state index is 4.25. The van der Waals surface area contributed by atoms with Gasteiger partial charge in [0.05, 0.1) is 0 Å². The van der Waals surface area contributed by atoms with Crippen molar-refractivity contribution < 1.29 is 0 Å². The van der Waals surface area contributed by atoms with E-state index in [2.05, 4.69) is 59.0 Å². The van der Waals surface area contributed by atoms with Gasteiger partial charge in [-0.15, -0.1) is 0 Å². The summed E-state index contributed by atoms with van der Waals surface area (Å²) in [6.45, 7) is 2.91. The summed E-state index contributed by atoms with van der Waals surface area (Å²) < 4.78 is 0. The number of rotatable bonds is 3. The summed E-state index contributed by atoms with van der Waals surface area (Å²) in [6.07, 6.45) is 6.60. The maximum Gasteiger partial charge on any atom is 0.191 e. The summed E-state index contributed by atoms with van der Waals surface area (Å²) in [4.78, 5) is 4.25. The first-order valence-corrected chi connectivity index (χ1v) is 6.45. The van der Waals surface area contributed by atoms with Crippen molar-refractivity contribution in [1.29, 1.82) is 0 Å². The summed E-state index contributed by atoms with van der Waals surface area (Å²) in [5.41, 5.74) is 2.56. The molecule has 0 unspecified atom stereocenters. The number of hydrogen-bond donors (Lipinski definition) is 2. The predicted molar refractivity (Wildman–Crippen MR) is 76.7 cm³/mol. The van der Waals surface area contributed by atoms with Gasteiger partial charge < -0.3 is 10.6 Å². The van der Waals surface area contributed by atoms with Crippen LogP contribution in [0.15, 0.2) is 41.4 Å². The van der Waals surface area contributed by atoms with Crippen LogP contribution in [0.1, 0.15) is 24.0 Å². The number of hydrogen-bond acceptors (Lipinski definition) is 1. The molecule has 1 aromatic rings. The van der Waals surface area contributed by atoms with Gasteiger partial charge >= 0.3 is 0 Å². The highest BCUT2D eigenvalue weighted by Gasteiger charge is 2.11. The second-order valence-electron chi connectivity index (χ2n) is 4.70. The molecule has 0 spiro atoms. The summed E-state index contributed by atoms with van der Waals surface area (Å²) in [5.74, 6) is 0.879. The minimum atomic E-state index is 0.495. The van der Waals surface area contributed by atoms with Crippen molar-refractivity contribution in [2.45, 2.75) is 32.4 Å². The zero-order valence-corrected chi connectivity index (χ0v) is 11.1. The van der Waals surface area contributed by atoms with Gasteiger partial charge in [0.1, 0.15) is 0 Å². The molecule has 0 saturated carbocycles. The zero-order valence-electron chi connectivity index (χ0n) is 11.1. The van der Waals surface area contributed by atoms with Crippen LogP contribution >= 0.6 is 0 Å². The average Bonchev–Trinajstić information content (AvgIpc) is 2.89. The molecule has 2 N–H and O–H groups in total. The first-order chi connectivity index (χ1) is 8.78. The normalized spacial score (nSPS) is 16.0. The van der Waals surface area contributed by atoms with Crippen LogP contribution in [0.25, 0.3) is 0 Å². The smallest absolute Gasteiger partial charge is 0.191 e. The molecular weight excluding hydrogens is 222 g/mol. The van der Waals surface area contributed by atoms with E-state index in [0.29, 0.717) is 6.04 Å². The Morgan fingerprint density at radius 2 is 1.89 bits per heavy atom. The lowest BCUT2D eigenvalue weighted by atomic mass is 10.1. The molecule has 3 nitrogen and oxygen atoms in total. The fourth-order valence-electron chi connectivity index (χ4n) is 2.01. The Morgan fingerprint density at radius 3 is 2.50 bits per heavy atom. The predicted octanol–water partition coefficient (Wildman–Crippen LogP) is 2.38. The van der Waals surface area contributed by atoms with Gasteiger partial charge in [-0.3, -0.25) is 4.99 Å². The zero-order chi connectivity index (χ0) is 12.8. The number of aliphatic imine (C=N–C) groups is 1. The molecule has 1 aliphatic carbocycles. The molecular formula is C15H21N3. The fourth-order valence-corrected chi connectivity index (χ4v) is 2.01. The van der Waals surface area contributed by atoms with E-state index in [4.69, 9.17) is 0 Å². The van der Waals surface area contributed by atoms with Crippen LogP contribution in [0.4, 0.5) is 0 Å². The molecule has 18 heavy (non-hydrogen) atoms. The Balaban J connectivity index is 1.81. The van der Waals surface area contributed by atoms with Gasteiger partial charge in [0.2, 0.25) is 0 Å². The van der Waals surface area contributed by atoms with E-state index in [0.717, 1.165) is 25.3 Å². The number of nitrogens with zero attached hydrogens (tertiary/aromatic N) is 1. The molecule has 0 aliphatic heterocycles. The van der Waals surface area contributed by atoms with E-state index in [1.54, 1.807) is 0 Å². The van der Waals surface area contributed by atoms with E-state index in [1.807, 2.05) is 7.05 Å². The van der Waals surface area contributed by atoms with Gasteiger partial charge in [0.15, 0.2) is 5.96 Å². The largest absolute Gasteiger partial charge is 0.353 e. The van der Waals surface area contributed by atoms with Crippen LogP contribution in [0.5, 0.6) is 0 Å². The number of aryl methyl sites for hydroxylation is 1. The average molecular weight is 243 g/mol. The minimum Gasteiger partial charge on any atom is -0.353 e. The fraction of sp³-hybridized carbons (Fsp3) is 0.400. The lowest BCUT2D eigenvalue weighted by molar-refractivity contribution is 0.633. The molecule has 3 heteroatoms. The standard InChI is InChI=1S/C15H21N3/c1-12-7-9-13(10-8-12)11-17-15(16-2)18-14-5-3-4-6-14/h3-4,7-10,14H,5-6,11H2,1-2H3,(H2,16,17,18). The first kappa shape index (κ1) is 12.7. The second-order valence-corrected chi connectivity index (χ2v) is 4.70. The number of benzene rings is 1. The van der Waals surface area contributed by atoms with E-state index >= 15 is 0 Å². The van der Waals surface area contributed by atoms with Crippen molar-refractivity contribution in [3.05, 3.63) is 47.5 Å². The molecule has 96 valence electrons. The van der Waals surface area contributed by atoms with E-state index in [9.17, 15) is 0 Å². The monoisotopic (exact) mass is 243 g/mol. The summed E-state index contributed by atoms with van der Waals surface area (Å²) in [7, 11) is 1.81. The molecule has 0 amide bonds. The molecule has 2 rings (SSSR count). The molecule has 0 aromatic heterocycles. The van der Waals surface area contributed by atoms with Crippen LogP contribution < -0.4 is 10.6 Å². The Hall–Kier alpha value is -1.77. The van der Waals surface area contributed by atoms with Crippen LogP contribution in [0.3, 0.4) is 0 Å². The molecule has 0 atom stereocenters. The molecule has 0 saturated heterocycles. The lowest BCUT2D eigenvalue weighted by Gasteiger charge is -2.16. The summed E-state index contributed by atoms with van der Waals surface area (Å²) >= 11 is 0. The van der Waals surface area contributed by atoms with Crippen LogP contribution in [0, 0.1) is 6.92 Å². The highest BCUT2D eigenvalue weighted by molar-refractivity contribution is 5.80. The summed E-state index contributed by atoms with van der Waals surface area (Å²) in [6, 6.07) is 9.05. The summed E-state index contributed by atoms with van der Waals surface area (Å²) in [5, 5.41) is 6.77. The third-order valence-electron chi connectivity index (χ3n) is 3.15. The topological polar surface area (TPSA) is 36.4 Å². The third-order valence-corrected chi connectivity index (χ3v) is 3.15. The Labute approximate surface area is 109 Å². The second kappa shape index (κ2) is 6.24. The van der Waals surface area contributed by atoms with Crippen LogP contribution in [-0.2, 0) is 6.54 Å². The van der Waals surface area contributed by atoms with Crippen molar-refractivity contribution in [2.75, 3.05) is 7.05 Å². The van der Waals surface area contributed by atoms with E-state index in [1.165, 1.54) is 11.1 Å². The van der Waals surface area contributed by atoms with Crippen LogP contribution in [-0.4, -0.2) is 19.0 Å². The van der Waals surface area contributed by atoms with Gasteiger partial charge in [-0.05, 0) is 25.3 Å². The minimum absolute atomic E-state index is 0.495. The number of guanidine groups is 1. The van der Waals surface area contributed by atoms with Gasteiger partial charge in [0.25, 0.3) is 0 Å². The molecule has 0 heterocycles. The van der Waals surface area contributed by atoms with Crippen LogP contribution in [0.2, 0.25) is 0 Å². The first-order valence-electron chi connectivity index (χ1n) is 6.45. The highest BCUT2D eigenvalue weighted by atomic mass is 15.2. The van der Waals surface area contributed by atoms with Crippen molar-refractivity contribution >= 4 is 5.96 Å². The van der Waals surface area contributed by atoms with E-state index < -0.39 is 0 Å². The highest BCUT2D eigenvalue weighted by Crippen LogP contribution is 2.08. The van der Waals surface area contributed by atoms with Crippen molar-refractivity contribution in [2.24, 2.45) is 4.99 Å². The Kier molecular flexibility index (Phi) is 4.40. The lowest BCUT2D eigenvalue weighted by Crippen LogP contribution is -2.42. The van der Waals surface area contributed by atoms with Gasteiger partial charge in [-0.1, -0.05) is 42.0 Å². The molecule has 0 fully saturated rings. The van der Waals surface area contributed by atoms with Crippen molar-refractivity contribution in [3.8, 4) is 0 Å². The van der Waals surface area contributed by atoms with E-state index in [-0.39, 0.29) is 0 Å². The molecule has 0 radical (unpaired) electrons. The molecule has 1 aromatic carbocycles. The van der Waals surface area contributed by atoms with Gasteiger partial charge in [0, 0.05) is 19.6 Å². The third kappa shape index (κ3) is 3.62. The van der Waals surface area contributed by atoms with Crippen molar-refractivity contribution in [3.63, 3.8) is 0 Å². The number of nitrogens with one attached hydrogen (secondary N) is 2. The molecule has 0 bridgehead atoms. The Bertz CT molecular complexity index is 424. The van der Waals surface area contributed by atoms with Gasteiger partial charge in [-0.2, -0.15) is 0 Å².